The SMILES string of the molecule is Cc1ccc(NC(=O)C(O)c2ccc(C)cc2)cc1. The lowest BCUT2D eigenvalue weighted by Crippen LogP contribution is -2.20. The van der Waals surface area contributed by atoms with Crippen LogP contribution in [0.3, 0.4) is 0 Å². The van der Waals surface area contributed by atoms with Crippen molar-refractivity contribution in [3.8, 4) is 0 Å². The summed E-state index contributed by atoms with van der Waals surface area (Å²) in [5.74, 6) is -0.423. The first-order valence-electron chi connectivity index (χ1n) is 6.18. The highest BCUT2D eigenvalue weighted by Crippen LogP contribution is 2.17. The van der Waals surface area contributed by atoms with E-state index in [9.17, 15) is 9.90 Å². The minimum absolute atomic E-state index is 0.423. The van der Waals surface area contributed by atoms with Crippen molar-refractivity contribution in [3.05, 3.63) is 65.2 Å². The van der Waals surface area contributed by atoms with Gasteiger partial charge in [0.15, 0.2) is 6.10 Å². The maximum Gasteiger partial charge on any atom is 0.257 e. The van der Waals surface area contributed by atoms with Gasteiger partial charge < -0.3 is 10.4 Å². The number of aryl methyl sites for hydroxylation is 2. The zero-order valence-corrected chi connectivity index (χ0v) is 11.1. The van der Waals surface area contributed by atoms with E-state index in [2.05, 4.69) is 5.32 Å². The molecule has 2 rings (SSSR count). The number of rotatable bonds is 3. The second-order valence-corrected chi connectivity index (χ2v) is 4.67. The van der Waals surface area contributed by atoms with Gasteiger partial charge in [0.2, 0.25) is 0 Å². The first-order chi connectivity index (χ1) is 9.06. The Morgan fingerprint density at radius 1 is 0.947 bits per heavy atom. The molecule has 0 spiro atoms. The Morgan fingerprint density at radius 3 is 1.95 bits per heavy atom. The average Bonchev–Trinajstić information content (AvgIpc) is 2.41. The normalized spacial score (nSPS) is 11.9. The number of carbonyl (C=O) groups excluding carboxylic acids is 1. The summed E-state index contributed by atoms with van der Waals surface area (Å²) in [7, 11) is 0. The molecule has 2 aromatic carbocycles. The van der Waals surface area contributed by atoms with E-state index in [1.165, 1.54) is 0 Å². The van der Waals surface area contributed by atoms with Crippen molar-refractivity contribution in [1.82, 2.24) is 0 Å². The molecule has 0 aromatic heterocycles. The third-order valence-electron chi connectivity index (χ3n) is 2.96. The summed E-state index contributed by atoms with van der Waals surface area (Å²) in [5, 5.41) is 12.7. The van der Waals surface area contributed by atoms with Gasteiger partial charge in [0.25, 0.3) is 5.91 Å². The monoisotopic (exact) mass is 255 g/mol. The Balaban J connectivity index is 2.07. The van der Waals surface area contributed by atoms with Crippen LogP contribution in [0.2, 0.25) is 0 Å². The minimum Gasteiger partial charge on any atom is -0.378 e. The topological polar surface area (TPSA) is 49.3 Å². The highest BCUT2D eigenvalue weighted by molar-refractivity contribution is 5.94. The fraction of sp³-hybridized carbons (Fsp3) is 0.188. The van der Waals surface area contributed by atoms with Gasteiger partial charge >= 0.3 is 0 Å². The van der Waals surface area contributed by atoms with E-state index < -0.39 is 12.0 Å². The first-order valence-corrected chi connectivity index (χ1v) is 6.18. The fourth-order valence-electron chi connectivity index (χ4n) is 1.75. The van der Waals surface area contributed by atoms with Crippen molar-refractivity contribution in [1.29, 1.82) is 0 Å². The van der Waals surface area contributed by atoms with Gasteiger partial charge in [-0.1, -0.05) is 47.5 Å². The number of anilines is 1. The van der Waals surface area contributed by atoms with Crippen LogP contribution in [0.1, 0.15) is 22.8 Å². The predicted molar refractivity (Wildman–Crippen MR) is 75.9 cm³/mol. The van der Waals surface area contributed by atoms with Gasteiger partial charge in [-0.25, -0.2) is 0 Å². The summed E-state index contributed by atoms with van der Waals surface area (Å²) in [5.41, 5.74) is 3.49. The Kier molecular flexibility index (Phi) is 3.97. The van der Waals surface area contributed by atoms with Gasteiger partial charge in [-0.2, -0.15) is 0 Å². The number of benzene rings is 2. The quantitative estimate of drug-likeness (QED) is 0.885. The van der Waals surface area contributed by atoms with Gasteiger partial charge in [-0.15, -0.1) is 0 Å². The van der Waals surface area contributed by atoms with Gasteiger partial charge in [0, 0.05) is 5.69 Å². The van der Waals surface area contributed by atoms with Crippen molar-refractivity contribution in [2.45, 2.75) is 20.0 Å². The van der Waals surface area contributed by atoms with Crippen LogP contribution < -0.4 is 5.32 Å². The molecule has 0 aliphatic heterocycles. The lowest BCUT2D eigenvalue weighted by Gasteiger charge is -2.12. The highest BCUT2D eigenvalue weighted by Gasteiger charge is 2.17. The van der Waals surface area contributed by atoms with E-state index in [4.69, 9.17) is 0 Å². The van der Waals surface area contributed by atoms with Crippen LogP contribution in [0.25, 0.3) is 0 Å². The van der Waals surface area contributed by atoms with Gasteiger partial charge in [-0.3, -0.25) is 4.79 Å². The molecule has 0 radical (unpaired) electrons. The van der Waals surface area contributed by atoms with E-state index in [0.717, 1.165) is 11.1 Å². The number of hydrogen-bond donors (Lipinski definition) is 2. The first kappa shape index (κ1) is 13.3. The predicted octanol–water partition coefficient (Wildman–Crippen LogP) is 2.98. The molecular formula is C16H17NO2. The molecule has 0 bridgehead atoms. The standard InChI is InChI=1S/C16H17NO2/c1-11-3-7-13(8-4-11)15(18)16(19)17-14-9-5-12(2)6-10-14/h3-10,15,18H,1-2H3,(H,17,19). The molecule has 19 heavy (non-hydrogen) atoms. The molecule has 2 aromatic rings. The summed E-state index contributed by atoms with van der Waals surface area (Å²) in [6.45, 7) is 3.94. The van der Waals surface area contributed by atoms with Crippen LogP contribution >= 0.6 is 0 Å². The van der Waals surface area contributed by atoms with Crippen molar-refractivity contribution in [2.24, 2.45) is 0 Å². The average molecular weight is 255 g/mol. The number of nitrogens with one attached hydrogen (secondary N) is 1. The Hall–Kier alpha value is -2.13. The summed E-state index contributed by atoms with van der Waals surface area (Å²) in [4.78, 5) is 11.9. The summed E-state index contributed by atoms with van der Waals surface area (Å²) in [6.07, 6.45) is -1.15. The molecule has 0 aliphatic rings. The molecule has 0 aliphatic carbocycles. The Morgan fingerprint density at radius 2 is 1.42 bits per heavy atom. The van der Waals surface area contributed by atoms with Gasteiger partial charge in [0.1, 0.15) is 0 Å². The molecule has 0 heterocycles. The second-order valence-electron chi connectivity index (χ2n) is 4.67. The van der Waals surface area contributed by atoms with E-state index in [0.29, 0.717) is 11.3 Å². The maximum atomic E-state index is 11.9. The van der Waals surface area contributed by atoms with Crippen LogP contribution in [-0.2, 0) is 4.79 Å². The smallest absolute Gasteiger partial charge is 0.257 e. The molecule has 1 unspecified atom stereocenters. The van der Waals surface area contributed by atoms with E-state index in [1.54, 1.807) is 12.1 Å². The molecule has 3 heteroatoms. The summed E-state index contributed by atoms with van der Waals surface area (Å²) in [6, 6.07) is 14.7. The van der Waals surface area contributed by atoms with Gasteiger partial charge in [-0.05, 0) is 31.5 Å². The molecule has 3 nitrogen and oxygen atoms in total. The van der Waals surface area contributed by atoms with Crippen LogP contribution in [0, 0.1) is 13.8 Å². The lowest BCUT2D eigenvalue weighted by molar-refractivity contribution is -0.124. The summed E-state index contributed by atoms with van der Waals surface area (Å²) < 4.78 is 0. The molecular weight excluding hydrogens is 238 g/mol. The minimum atomic E-state index is -1.15. The van der Waals surface area contributed by atoms with Crippen molar-refractivity contribution < 1.29 is 9.90 Å². The maximum absolute atomic E-state index is 11.9. The van der Waals surface area contributed by atoms with Crippen LogP contribution in [0.5, 0.6) is 0 Å². The number of amides is 1. The van der Waals surface area contributed by atoms with Crippen molar-refractivity contribution >= 4 is 11.6 Å². The second kappa shape index (κ2) is 5.67. The molecule has 98 valence electrons. The molecule has 0 fully saturated rings. The van der Waals surface area contributed by atoms with E-state index in [-0.39, 0.29) is 0 Å². The third kappa shape index (κ3) is 3.42. The van der Waals surface area contributed by atoms with Crippen LogP contribution in [0.15, 0.2) is 48.5 Å². The third-order valence-corrected chi connectivity index (χ3v) is 2.96. The van der Waals surface area contributed by atoms with Crippen LogP contribution in [0.4, 0.5) is 5.69 Å². The van der Waals surface area contributed by atoms with Crippen molar-refractivity contribution in [3.63, 3.8) is 0 Å². The van der Waals surface area contributed by atoms with E-state index in [1.807, 2.05) is 50.2 Å². The molecule has 0 saturated heterocycles. The zero-order chi connectivity index (χ0) is 13.8. The summed E-state index contributed by atoms with van der Waals surface area (Å²) >= 11 is 0. The lowest BCUT2D eigenvalue weighted by atomic mass is 10.1. The molecule has 1 amide bonds. The van der Waals surface area contributed by atoms with Gasteiger partial charge in [0.05, 0.1) is 0 Å². The highest BCUT2D eigenvalue weighted by atomic mass is 16.3. The number of aliphatic hydroxyl groups is 1. The Labute approximate surface area is 112 Å². The molecule has 2 N–H and O–H groups in total. The fourth-order valence-corrected chi connectivity index (χ4v) is 1.75. The number of aliphatic hydroxyl groups excluding tert-OH is 1. The molecule has 0 saturated carbocycles. The largest absolute Gasteiger partial charge is 0.378 e. The zero-order valence-electron chi connectivity index (χ0n) is 11.1. The van der Waals surface area contributed by atoms with Crippen LogP contribution in [-0.4, -0.2) is 11.0 Å². The molecule has 1 atom stereocenters. The van der Waals surface area contributed by atoms with E-state index >= 15 is 0 Å². The number of hydrogen-bond acceptors (Lipinski definition) is 2. The van der Waals surface area contributed by atoms with Crippen molar-refractivity contribution in [2.75, 3.05) is 5.32 Å². The Bertz CT molecular complexity index is 558. The number of carbonyl (C=O) groups is 1.